The smallest absolute Gasteiger partial charge is 0.271 e. The molecule has 1 saturated heterocycles. The summed E-state index contributed by atoms with van der Waals surface area (Å²) in [5.74, 6) is 0.638. The normalized spacial score (nSPS) is 28.8. The predicted octanol–water partition coefficient (Wildman–Crippen LogP) is 4.02. The Morgan fingerprint density at radius 1 is 1.15 bits per heavy atom. The van der Waals surface area contributed by atoms with Crippen LogP contribution in [0.2, 0.25) is 0 Å². The molecule has 2 fully saturated rings. The van der Waals surface area contributed by atoms with Gasteiger partial charge in [-0.05, 0) is 77.4 Å². The van der Waals surface area contributed by atoms with Crippen molar-refractivity contribution in [3.05, 3.63) is 24.1 Å². The van der Waals surface area contributed by atoms with Crippen LogP contribution in [0.5, 0.6) is 0 Å². The van der Waals surface area contributed by atoms with Crippen LogP contribution in [-0.2, 0) is 11.3 Å². The summed E-state index contributed by atoms with van der Waals surface area (Å²) in [6.07, 6.45) is 10.7. The van der Waals surface area contributed by atoms with Crippen molar-refractivity contribution in [2.24, 2.45) is 5.92 Å². The Hall–Kier alpha value is -2.28. The number of hydrogen-bond acceptors (Lipinski definition) is 4. The van der Waals surface area contributed by atoms with Crippen LogP contribution >= 0.6 is 0 Å². The molecule has 0 bridgehead atoms. The monoisotopic (exact) mass is 454 g/mol. The van der Waals surface area contributed by atoms with Crippen molar-refractivity contribution in [1.82, 2.24) is 19.7 Å². The summed E-state index contributed by atoms with van der Waals surface area (Å²) in [4.78, 5) is 31.8. The second-order valence-corrected chi connectivity index (χ2v) is 10.7. The van der Waals surface area contributed by atoms with Crippen molar-refractivity contribution >= 4 is 22.9 Å². The molecule has 2 aliphatic heterocycles. The van der Waals surface area contributed by atoms with E-state index in [9.17, 15) is 9.59 Å². The maximum absolute atomic E-state index is 13.7. The lowest BCUT2D eigenvalue weighted by atomic mass is 9.86. The van der Waals surface area contributed by atoms with Crippen LogP contribution < -0.4 is 5.32 Å². The quantitative estimate of drug-likeness (QED) is 0.716. The molecule has 1 unspecified atom stereocenters. The van der Waals surface area contributed by atoms with Crippen LogP contribution in [0.1, 0.15) is 75.7 Å². The summed E-state index contributed by atoms with van der Waals surface area (Å²) < 4.78 is 7.55. The Balaban J connectivity index is 1.37. The first-order valence-corrected chi connectivity index (χ1v) is 12.9. The molecule has 7 heteroatoms. The van der Waals surface area contributed by atoms with E-state index in [1.807, 2.05) is 28.5 Å². The molecule has 4 heterocycles. The van der Waals surface area contributed by atoms with Crippen molar-refractivity contribution in [3.63, 3.8) is 0 Å². The van der Waals surface area contributed by atoms with E-state index in [1.54, 1.807) is 6.26 Å². The van der Waals surface area contributed by atoms with Gasteiger partial charge in [-0.15, -0.1) is 0 Å². The molecule has 5 rings (SSSR count). The molecule has 33 heavy (non-hydrogen) atoms. The summed E-state index contributed by atoms with van der Waals surface area (Å²) in [5.41, 5.74) is 1.30. The number of likely N-dealkylation sites (tertiary alicyclic amines) is 1. The molecule has 1 N–H and O–H groups in total. The van der Waals surface area contributed by atoms with Gasteiger partial charge in [0.05, 0.1) is 18.3 Å². The molecule has 1 atom stereocenters. The van der Waals surface area contributed by atoms with Gasteiger partial charge in [0.15, 0.2) is 5.58 Å². The van der Waals surface area contributed by atoms with Gasteiger partial charge in [-0.3, -0.25) is 9.59 Å². The molecule has 180 valence electrons. The Bertz CT molecular complexity index is 997. The minimum atomic E-state index is -0.918. The number of amides is 2. The second kappa shape index (κ2) is 9.16. The Morgan fingerprint density at radius 2 is 1.91 bits per heavy atom. The molecular weight excluding hydrogens is 416 g/mol. The van der Waals surface area contributed by atoms with Crippen molar-refractivity contribution in [3.8, 4) is 0 Å². The summed E-state index contributed by atoms with van der Waals surface area (Å²) in [5, 5.41) is 3.32. The first-order valence-electron chi connectivity index (χ1n) is 12.9. The highest BCUT2D eigenvalue weighted by Gasteiger charge is 2.48. The zero-order valence-corrected chi connectivity index (χ0v) is 20.1. The highest BCUT2D eigenvalue weighted by Crippen LogP contribution is 2.33. The number of nitrogens with zero attached hydrogens (tertiary/aromatic N) is 3. The van der Waals surface area contributed by atoms with Gasteiger partial charge in [-0.1, -0.05) is 13.3 Å². The Labute approximate surface area is 196 Å². The van der Waals surface area contributed by atoms with E-state index in [0.717, 1.165) is 63.2 Å². The van der Waals surface area contributed by atoms with E-state index in [0.29, 0.717) is 24.4 Å². The van der Waals surface area contributed by atoms with E-state index in [-0.39, 0.29) is 17.9 Å². The van der Waals surface area contributed by atoms with E-state index >= 15 is 0 Å². The number of carbonyl (C=O) groups excluding carboxylic acids is 2. The fourth-order valence-corrected chi connectivity index (χ4v) is 6.00. The zero-order valence-electron chi connectivity index (χ0n) is 20.1. The van der Waals surface area contributed by atoms with Crippen LogP contribution in [0.15, 0.2) is 22.8 Å². The van der Waals surface area contributed by atoms with E-state index in [4.69, 9.17) is 4.42 Å². The van der Waals surface area contributed by atoms with Crippen molar-refractivity contribution in [2.75, 3.05) is 26.2 Å². The van der Waals surface area contributed by atoms with Crippen molar-refractivity contribution < 1.29 is 14.0 Å². The predicted molar refractivity (Wildman–Crippen MR) is 128 cm³/mol. The van der Waals surface area contributed by atoms with E-state index < -0.39 is 5.54 Å². The topological polar surface area (TPSA) is 70.7 Å². The molecule has 7 nitrogen and oxygen atoms in total. The highest BCUT2D eigenvalue weighted by atomic mass is 16.3. The van der Waals surface area contributed by atoms with Gasteiger partial charge < -0.3 is 24.1 Å². The van der Waals surface area contributed by atoms with Crippen LogP contribution in [-0.4, -0.2) is 63.9 Å². The lowest BCUT2D eigenvalue weighted by molar-refractivity contribution is -0.133. The number of fused-ring (bicyclic) bond motifs is 3. The third kappa shape index (κ3) is 4.32. The van der Waals surface area contributed by atoms with Crippen LogP contribution in [0.3, 0.4) is 0 Å². The minimum Gasteiger partial charge on any atom is -0.463 e. The lowest BCUT2D eigenvalue weighted by Crippen LogP contribution is -2.65. The number of aromatic nitrogens is 1. The number of furan rings is 1. The molecule has 0 radical (unpaired) electrons. The summed E-state index contributed by atoms with van der Waals surface area (Å²) in [6.45, 7) is 8.54. The highest BCUT2D eigenvalue weighted by molar-refractivity contribution is 6.02. The third-order valence-corrected chi connectivity index (χ3v) is 8.19. The summed E-state index contributed by atoms with van der Waals surface area (Å²) >= 11 is 0. The van der Waals surface area contributed by atoms with Gasteiger partial charge in [0.1, 0.15) is 11.2 Å². The van der Waals surface area contributed by atoms with Crippen LogP contribution in [0.25, 0.3) is 11.1 Å². The Morgan fingerprint density at radius 3 is 2.67 bits per heavy atom. The maximum atomic E-state index is 13.7. The van der Waals surface area contributed by atoms with E-state index in [1.165, 1.54) is 19.3 Å². The molecule has 2 amide bonds. The molecule has 2 aromatic rings. The van der Waals surface area contributed by atoms with Gasteiger partial charge in [-0.2, -0.15) is 0 Å². The first-order chi connectivity index (χ1) is 16.0. The zero-order chi connectivity index (χ0) is 23.0. The van der Waals surface area contributed by atoms with Crippen LogP contribution in [0, 0.1) is 5.92 Å². The number of rotatable bonds is 6. The van der Waals surface area contributed by atoms with Crippen molar-refractivity contribution in [2.45, 2.75) is 83.3 Å². The number of hydrogen-bond donors (Lipinski definition) is 1. The second-order valence-electron chi connectivity index (χ2n) is 10.7. The lowest BCUT2D eigenvalue weighted by Gasteiger charge is -2.45. The van der Waals surface area contributed by atoms with Gasteiger partial charge in [0.2, 0.25) is 5.91 Å². The van der Waals surface area contributed by atoms with Gasteiger partial charge in [-0.25, -0.2) is 0 Å². The average molecular weight is 455 g/mol. The summed E-state index contributed by atoms with van der Waals surface area (Å²) in [6, 6.07) is 3.92. The molecule has 1 aliphatic carbocycles. The van der Waals surface area contributed by atoms with Gasteiger partial charge >= 0.3 is 0 Å². The summed E-state index contributed by atoms with van der Waals surface area (Å²) in [7, 11) is 0. The maximum Gasteiger partial charge on any atom is 0.271 e. The number of piperidine rings is 1. The molecular formula is C26H38N4O3. The molecule has 3 aliphatic rings. The fraction of sp³-hybridized carbons (Fsp3) is 0.692. The Kier molecular flexibility index (Phi) is 6.25. The van der Waals surface area contributed by atoms with Crippen LogP contribution in [0.4, 0.5) is 0 Å². The number of carbonyl (C=O) groups is 2. The SMILES string of the molecule is CC1CCC(NC(=O)C2(C)Cn3c(cc4occc43)C(=O)N2CCCN2CCCCC2)CC1. The average Bonchev–Trinajstić information content (AvgIpc) is 3.41. The first kappa shape index (κ1) is 22.5. The largest absolute Gasteiger partial charge is 0.463 e. The molecule has 0 spiro atoms. The number of nitrogens with one attached hydrogen (secondary N) is 1. The van der Waals surface area contributed by atoms with Crippen molar-refractivity contribution in [1.29, 1.82) is 0 Å². The molecule has 0 aromatic carbocycles. The third-order valence-electron chi connectivity index (χ3n) is 8.19. The van der Waals surface area contributed by atoms with Gasteiger partial charge in [0.25, 0.3) is 5.91 Å². The van der Waals surface area contributed by atoms with E-state index in [2.05, 4.69) is 17.1 Å². The molecule has 2 aromatic heterocycles. The minimum absolute atomic E-state index is 0.0237. The van der Waals surface area contributed by atoms with Gasteiger partial charge in [0, 0.05) is 24.7 Å². The molecule has 1 saturated carbocycles. The standard InChI is InChI=1S/C26H38N4O3/c1-19-7-9-20(10-8-19)27-25(32)26(2)18-29-21-11-16-33-23(21)17-22(29)24(31)30(26)15-6-14-28-12-4-3-5-13-28/h11,16-17,19-20H,3-10,12-15,18H2,1-2H3,(H,27,32). The fourth-order valence-electron chi connectivity index (χ4n) is 6.00.